The van der Waals surface area contributed by atoms with E-state index < -0.39 is 0 Å². The highest BCUT2D eigenvalue weighted by Crippen LogP contribution is 2.31. The van der Waals surface area contributed by atoms with Crippen LogP contribution in [0, 0.1) is 12.3 Å². The summed E-state index contributed by atoms with van der Waals surface area (Å²) in [6.07, 6.45) is 7.06. The number of terminal acetylenes is 1. The van der Waals surface area contributed by atoms with E-state index in [1.54, 1.807) is 12.3 Å². The minimum atomic E-state index is 0.0287. The van der Waals surface area contributed by atoms with Crippen molar-refractivity contribution in [3.05, 3.63) is 47.9 Å². The molecular formula is C15H12N4O. The van der Waals surface area contributed by atoms with E-state index in [0.717, 1.165) is 11.3 Å². The predicted molar refractivity (Wildman–Crippen MR) is 75.5 cm³/mol. The fourth-order valence-corrected chi connectivity index (χ4v) is 2.08. The number of fused-ring (bicyclic) bond motifs is 1. The lowest BCUT2D eigenvalue weighted by Gasteiger charge is -2.14. The molecule has 0 aliphatic carbocycles. The van der Waals surface area contributed by atoms with Gasteiger partial charge in [-0.15, -0.1) is 6.42 Å². The van der Waals surface area contributed by atoms with Crippen molar-refractivity contribution < 1.29 is 5.11 Å². The maximum atomic E-state index is 10.4. The van der Waals surface area contributed by atoms with Gasteiger partial charge < -0.3 is 10.8 Å². The third-order valence-corrected chi connectivity index (χ3v) is 3.11. The van der Waals surface area contributed by atoms with Crippen molar-refractivity contribution in [2.24, 2.45) is 5.73 Å². The SMILES string of the molecule is C#Cc1nc2nccc-2c(O)n1-c1ccc(CN)cc1. The molecule has 2 aliphatic heterocycles. The van der Waals surface area contributed by atoms with Gasteiger partial charge in [0, 0.05) is 12.7 Å². The molecule has 0 atom stereocenters. The Morgan fingerprint density at radius 3 is 2.65 bits per heavy atom. The second-order valence-electron chi connectivity index (χ2n) is 4.29. The first-order valence-corrected chi connectivity index (χ1v) is 6.07. The third kappa shape index (κ3) is 1.79. The molecule has 5 heteroatoms. The number of benzene rings is 1. The predicted octanol–water partition coefficient (Wildman–Crippen LogP) is 1.52. The molecule has 0 saturated carbocycles. The lowest BCUT2D eigenvalue weighted by atomic mass is 10.2. The number of hydrogen-bond donors (Lipinski definition) is 2. The molecule has 1 aromatic rings. The summed E-state index contributed by atoms with van der Waals surface area (Å²) in [6.45, 7) is 0.461. The van der Waals surface area contributed by atoms with Crippen molar-refractivity contribution in [3.8, 4) is 35.3 Å². The molecule has 5 nitrogen and oxygen atoms in total. The first-order chi connectivity index (χ1) is 9.74. The summed E-state index contributed by atoms with van der Waals surface area (Å²) in [6, 6.07) is 9.15. The fraction of sp³-hybridized carbons (Fsp3) is 0.0667. The molecular weight excluding hydrogens is 252 g/mol. The van der Waals surface area contributed by atoms with E-state index in [4.69, 9.17) is 12.2 Å². The second-order valence-corrected chi connectivity index (χ2v) is 4.29. The molecule has 3 N–H and O–H groups in total. The van der Waals surface area contributed by atoms with Gasteiger partial charge in [0.2, 0.25) is 5.88 Å². The van der Waals surface area contributed by atoms with Crippen molar-refractivity contribution in [1.29, 1.82) is 0 Å². The molecule has 0 radical (unpaired) electrons. The largest absolute Gasteiger partial charge is 0.494 e. The Kier molecular flexibility index (Phi) is 2.86. The number of rotatable bonds is 2. The number of nitrogens with two attached hydrogens (primary N) is 1. The van der Waals surface area contributed by atoms with Crippen LogP contribution in [0.5, 0.6) is 5.88 Å². The van der Waals surface area contributed by atoms with Gasteiger partial charge >= 0.3 is 0 Å². The number of aromatic hydroxyl groups is 1. The van der Waals surface area contributed by atoms with Crippen LogP contribution in [0.1, 0.15) is 11.4 Å². The van der Waals surface area contributed by atoms with Crippen LogP contribution in [-0.4, -0.2) is 19.6 Å². The highest BCUT2D eigenvalue weighted by atomic mass is 16.3. The lowest BCUT2D eigenvalue weighted by Crippen LogP contribution is -2.07. The van der Waals surface area contributed by atoms with Gasteiger partial charge in [-0.2, -0.15) is 0 Å². The van der Waals surface area contributed by atoms with E-state index in [2.05, 4.69) is 15.9 Å². The second kappa shape index (κ2) is 4.68. The van der Waals surface area contributed by atoms with Gasteiger partial charge in [0.15, 0.2) is 11.6 Å². The van der Waals surface area contributed by atoms with Gasteiger partial charge in [-0.25, -0.2) is 9.97 Å². The number of nitrogens with zero attached hydrogens (tertiary/aromatic N) is 3. The van der Waals surface area contributed by atoms with Crippen molar-refractivity contribution in [1.82, 2.24) is 14.5 Å². The van der Waals surface area contributed by atoms with E-state index >= 15 is 0 Å². The Balaban J connectivity index is 2.26. The molecule has 0 saturated heterocycles. The zero-order valence-corrected chi connectivity index (χ0v) is 10.6. The standard InChI is InChI=1S/C15H12N4O/c1-2-13-18-14-12(7-8-17-14)15(20)19(13)11-5-3-10(9-16)4-6-11/h1,3-8,20H,9,16H2. The van der Waals surface area contributed by atoms with Crippen LogP contribution in [0.15, 0.2) is 36.5 Å². The summed E-state index contributed by atoms with van der Waals surface area (Å²) in [5.74, 6) is 3.24. The van der Waals surface area contributed by atoms with Gasteiger partial charge in [0.05, 0.1) is 11.3 Å². The van der Waals surface area contributed by atoms with Gasteiger partial charge in [-0.05, 0) is 29.7 Å². The van der Waals surface area contributed by atoms with Crippen LogP contribution < -0.4 is 5.73 Å². The van der Waals surface area contributed by atoms with Crippen molar-refractivity contribution in [3.63, 3.8) is 0 Å². The quantitative estimate of drug-likeness (QED) is 0.688. The van der Waals surface area contributed by atoms with E-state index in [-0.39, 0.29) is 5.88 Å². The Morgan fingerprint density at radius 1 is 1.25 bits per heavy atom. The monoisotopic (exact) mass is 264 g/mol. The smallest absolute Gasteiger partial charge is 0.209 e. The summed E-state index contributed by atoms with van der Waals surface area (Å²) in [5.41, 5.74) is 7.86. The molecule has 20 heavy (non-hydrogen) atoms. The van der Waals surface area contributed by atoms with Crippen LogP contribution in [-0.2, 0) is 6.54 Å². The highest BCUT2D eigenvalue weighted by Gasteiger charge is 2.18. The van der Waals surface area contributed by atoms with Gasteiger partial charge in [-0.1, -0.05) is 12.1 Å². The first kappa shape index (κ1) is 12.2. The topological polar surface area (TPSA) is 77.0 Å². The Labute approximate surface area is 116 Å². The average molecular weight is 264 g/mol. The van der Waals surface area contributed by atoms with Crippen LogP contribution in [0.25, 0.3) is 17.1 Å². The van der Waals surface area contributed by atoms with E-state index in [9.17, 15) is 5.11 Å². The summed E-state index contributed by atoms with van der Waals surface area (Å²) in [7, 11) is 0. The van der Waals surface area contributed by atoms with Crippen LogP contribution in [0.4, 0.5) is 0 Å². The molecule has 0 spiro atoms. The van der Waals surface area contributed by atoms with Crippen LogP contribution >= 0.6 is 0 Å². The lowest BCUT2D eigenvalue weighted by molar-refractivity contribution is 0.437. The molecule has 0 unspecified atom stereocenters. The highest BCUT2D eigenvalue weighted by molar-refractivity contribution is 5.65. The summed E-state index contributed by atoms with van der Waals surface area (Å²) in [5, 5.41) is 10.4. The average Bonchev–Trinajstić information content (AvgIpc) is 2.96. The van der Waals surface area contributed by atoms with Crippen molar-refractivity contribution in [2.75, 3.05) is 0 Å². The van der Waals surface area contributed by atoms with Gasteiger partial charge in [0.25, 0.3) is 0 Å². The first-order valence-electron chi connectivity index (χ1n) is 6.07. The number of aromatic nitrogens is 3. The molecule has 3 rings (SSSR count). The Hall–Kier alpha value is -2.84. The molecule has 1 aromatic carbocycles. The molecule has 0 fully saturated rings. The van der Waals surface area contributed by atoms with E-state index in [0.29, 0.717) is 23.8 Å². The van der Waals surface area contributed by atoms with Crippen molar-refractivity contribution >= 4 is 0 Å². The van der Waals surface area contributed by atoms with Crippen molar-refractivity contribution in [2.45, 2.75) is 6.54 Å². The maximum absolute atomic E-state index is 10.4. The van der Waals surface area contributed by atoms with Gasteiger partial charge in [-0.3, -0.25) is 4.57 Å². The summed E-state index contributed by atoms with van der Waals surface area (Å²) >= 11 is 0. The van der Waals surface area contributed by atoms with Crippen LogP contribution in [0.3, 0.4) is 0 Å². The molecule has 0 aromatic heterocycles. The minimum absolute atomic E-state index is 0.0287. The fourth-order valence-electron chi connectivity index (χ4n) is 2.08. The van der Waals surface area contributed by atoms with Crippen LogP contribution in [0.2, 0.25) is 0 Å². The summed E-state index contributed by atoms with van der Waals surface area (Å²) < 4.78 is 1.52. The normalized spacial score (nSPS) is 10.6. The number of hydrogen-bond acceptors (Lipinski definition) is 4. The Bertz CT molecular complexity index is 768. The zero-order chi connectivity index (χ0) is 14.1. The molecule has 0 amide bonds. The third-order valence-electron chi connectivity index (χ3n) is 3.11. The van der Waals surface area contributed by atoms with Gasteiger partial charge in [0.1, 0.15) is 0 Å². The molecule has 0 bridgehead atoms. The zero-order valence-electron chi connectivity index (χ0n) is 10.6. The molecule has 2 aliphatic rings. The van der Waals surface area contributed by atoms with E-state index in [1.807, 2.05) is 24.3 Å². The minimum Gasteiger partial charge on any atom is -0.494 e. The molecule has 98 valence electrons. The molecule has 2 heterocycles. The maximum Gasteiger partial charge on any atom is 0.209 e. The summed E-state index contributed by atoms with van der Waals surface area (Å²) in [4.78, 5) is 8.32. The Morgan fingerprint density at radius 2 is 2.00 bits per heavy atom. The van der Waals surface area contributed by atoms with E-state index in [1.165, 1.54) is 4.57 Å².